The summed E-state index contributed by atoms with van der Waals surface area (Å²) in [5, 5.41) is 0. The van der Waals surface area contributed by atoms with E-state index in [1.54, 1.807) is 6.08 Å². The van der Waals surface area contributed by atoms with Crippen LogP contribution in [0, 0.1) is 0 Å². The molecule has 0 bridgehead atoms. The van der Waals surface area contributed by atoms with Crippen LogP contribution < -0.4 is 0 Å². The third-order valence-corrected chi connectivity index (χ3v) is 3.19. The molecule has 2 nitrogen and oxygen atoms in total. The van der Waals surface area contributed by atoms with E-state index < -0.39 is 0 Å². The van der Waals surface area contributed by atoms with E-state index in [1.807, 2.05) is 24.3 Å². The number of ether oxygens (including phenoxy) is 2. The predicted octanol–water partition coefficient (Wildman–Crippen LogP) is 4.22. The highest BCUT2D eigenvalue weighted by Gasteiger charge is 2.05. The normalized spacial score (nSPS) is 15.3. The number of allylic oxidation sites excluding steroid dienone is 4. The molecule has 0 radical (unpaired) electrons. The van der Waals surface area contributed by atoms with Crippen LogP contribution in [0.3, 0.4) is 0 Å². The highest BCUT2D eigenvalue weighted by Crippen LogP contribution is 2.08. The fourth-order valence-electron chi connectivity index (χ4n) is 1.99. The van der Waals surface area contributed by atoms with Crippen LogP contribution in [0.1, 0.15) is 12.0 Å². The SMILES string of the molecule is C=CC(COCC1=CCC=CC=C1)OCc1ccccc1. The molecule has 2 rings (SSSR count). The molecule has 1 atom stereocenters. The minimum Gasteiger partial charge on any atom is -0.374 e. The molecule has 0 amide bonds. The van der Waals surface area contributed by atoms with E-state index in [-0.39, 0.29) is 6.10 Å². The summed E-state index contributed by atoms with van der Waals surface area (Å²) in [6, 6.07) is 10.1. The average Bonchev–Trinajstić information content (AvgIpc) is 2.80. The second kappa shape index (κ2) is 9.11. The Bertz CT molecular complexity index is 512. The molecule has 0 aliphatic heterocycles. The summed E-state index contributed by atoms with van der Waals surface area (Å²) >= 11 is 0. The molecule has 0 heterocycles. The Hall–Kier alpha value is -1.90. The Morgan fingerprint density at radius 1 is 1.14 bits per heavy atom. The molecule has 0 fully saturated rings. The first-order chi connectivity index (χ1) is 10.4. The Kier molecular flexibility index (Phi) is 6.72. The zero-order valence-electron chi connectivity index (χ0n) is 12.3. The van der Waals surface area contributed by atoms with Gasteiger partial charge in [0.15, 0.2) is 0 Å². The molecule has 0 saturated carbocycles. The summed E-state index contributed by atoms with van der Waals surface area (Å²) in [6.45, 7) is 5.52. The van der Waals surface area contributed by atoms with Crippen molar-refractivity contribution in [3.05, 3.63) is 84.5 Å². The molecule has 0 aromatic heterocycles. The first-order valence-electron chi connectivity index (χ1n) is 7.26. The molecule has 0 saturated heterocycles. The lowest BCUT2D eigenvalue weighted by molar-refractivity contribution is 0.00662. The van der Waals surface area contributed by atoms with Crippen molar-refractivity contribution in [1.29, 1.82) is 0 Å². The van der Waals surface area contributed by atoms with Gasteiger partial charge in [0.1, 0.15) is 0 Å². The smallest absolute Gasteiger partial charge is 0.0991 e. The van der Waals surface area contributed by atoms with E-state index in [9.17, 15) is 0 Å². The lowest BCUT2D eigenvalue weighted by atomic mass is 10.2. The molecule has 1 unspecified atom stereocenters. The van der Waals surface area contributed by atoms with Gasteiger partial charge in [0.2, 0.25) is 0 Å². The predicted molar refractivity (Wildman–Crippen MR) is 87.0 cm³/mol. The average molecular weight is 282 g/mol. The van der Waals surface area contributed by atoms with Crippen molar-refractivity contribution in [2.75, 3.05) is 13.2 Å². The van der Waals surface area contributed by atoms with E-state index in [0.29, 0.717) is 19.8 Å². The van der Waals surface area contributed by atoms with Gasteiger partial charge in [0.05, 0.1) is 25.9 Å². The Balaban J connectivity index is 1.70. The highest BCUT2D eigenvalue weighted by molar-refractivity contribution is 5.26. The van der Waals surface area contributed by atoms with Gasteiger partial charge in [-0.2, -0.15) is 0 Å². The van der Waals surface area contributed by atoms with Crippen LogP contribution in [0.25, 0.3) is 0 Å². The first-order valence-corrected chi connectivity index (χ1v) is 7.26. The van der Waals surface area contributed by atoms with Gasteiger partial charge in [-0.25, -0.2) is 0 Å². The van der Waals surface area contributed by atoms with Gasteiger partial charge in [-0.05, 0) is 17.6 Å². The van der Waals surface area contributed by atoms with E-state index in [1.165, 1.54) is 5.57 Å². The fraction of sp³-hybridized carbons (Fsp3) is 0.263. The lowest BCUT2D eigenvalue weighted by Gasteiger charge is -2.14. The third-order valence-electron chi connectivity index (χ3n) is 3.19. The molecule has 0 N–H and O–H groups in total. The van der Waals surface area contributed by atoms with Crippen molar-refractivity contribution in [2.45, 2.75) is 19.1 Å². The summed E-state index contributed by atoms with van der Waals surface area (Å²) in [5.41, 5.74) is 2.36. The molecule has 21 heavy (non-hydrogen) atoms. The minimum absolute atomic E-state index is 0.0845. The van der Waals surface area contributed by atoms with Crippen molar-refractivity contribution >= 4 is 0 Å². The quantitative estimate of drug-likeness (QED) is 0.665. The zero-order chi connectivity index (χ0) is 14.8. The van der Waals surface area contributed by atoms with Crippen molar-refractivity contribution in [3.63, 3.8) is 0 Å². The molecule has 110 valence electrons. The summed E-state index contributed by atoms with van der Waals surface area (Å²) < 4.78 is 11.5. The van der Waals surface area contributed by atoms with Crippen LogP contribution in [-0.2, 0) is 16.1 Å². The first kappa shape index (κ1) is 15.5. The summed E-state index contributed by atoms with van der Waals surface area (Å²) in [5.74, 6) is 0. The number of benzene rings is 1. The van der Waals surface area contributed by atoms with Crippen molar-refractivity contribution < 1.29 is 9.47 Å². The maximum Gasteiger partial charge on any atom is 0.0991 e. The summed E-state index contributed by atoms with van der Waals surface area (Å²) in [6.07, 6.45) is 13.1. The molecule has 2 heteroatoms. The monoisotopic (exact) mass is 282 g/mol. The molecule has 0 spiro atoms. The second-order valence-corrected chi connectivity index (χ2v) is 4.89. The van der Waals surface area contributed by atoms with Gasteiger partial charge >= 0.3 is 0 Å². The molecule has 1 aliphatic carbocycles. The van der Waals surface area contributed by atoms with Gasteiger partial charge in [-0.15, -0.1) is 6.58 Å². The van der Waals surface area contributed by atoms with Crippen LogP contribution >= 0.6 is 0 Å². The fourth-order valence-corrected chi connectivity index (χ4v) is 1.99. The third kappa shape index (κ3) is 5.94. The Labute approximate surface area is 127 Å². The van der Waals surface area contributed by atoms with Crippen molar-refractivity contribution in [3.8, 4) is 0 Å². The highest BCUT2D eigenvalue weighted by atomic mass is 16.5. The summed E-state index contributed by atoms with van der Waals surface area (Å²) in [4.78, 5) is 0. The van der Waals surface area contributed by atoms with Crippen LogP contribution in [0.15, 0.2) is 78.9 Å². The topological polar surface area (TPSA) is 18.5 Å². The van der Waals surface area contributed by atoms with Gasteiger partial charge in [0, 0.05) is 0 Å². The maximum atomic E-state index is 5.80. The summed E-state index contributed by atoms with van der Waals surface area (Å²) in [7, 11) is 0. The standard InChI is InChI=1S/C19H22O2/c1-2-19(21-15-18-12-8-5-9-13-18)16-20-14-17-10-6-3-4-7-11-17/h2-6,8-13,19H,1,7,14-16H2. The molecule has 1 aromatic carbocycles. The zero-order valence-corrected chi connectivity index (χ0v) is 12.3. The van der Waals surface area contributed by atoms with Crippen LogP contribution in [0.5, 0.6) is 0 Å². The van der Waals surface area contributed by atoms with Crippen molar-refractivity contribution in [2.24, 2.45) is 0 Å². The minimum atomic E-state index is -0.0845. The number of hydrogen-bond donors (Lipinski definition) is 0. The van der Waals surface area contributed by atoms with Gasteiger partial charge in [-0.3, -0.25) is 0 Å². The van der Waals surface area contributed by atoms with Crippen LogP contribution in [0.4, 0.5) is 0 Å². The molecule has 1 aliphatic rings. The molecule has 1 aromatic rings. The van der Waals surface area contributed by atoms with Gasteiger partial charge < -0.3 is 9.47 Å². The van der Waals surface area contributed by atoms with E-state index >= 15 is 0 Å². The second-order valence-electron chi connectivity index (χ2n) is 4.89. The van der Waals surface area contributed by atoms with Crippen LogP contribution in [-0.4, -0.2) is 19.3 Å². The van der Waals surface area contributed by atoms with Crippen molar-refractivity contribution in [1.82, 2.24) is 0 Å². The van der Waals surface area contributed by atoms with Gasteiger partial charge in [0.25, 0.3) is 0 Å². The Morgan fingerprint density at radius 2 is 2.00 bits per heavy atom. The molecular formula is C19H22O2. The number of hydrogen-bond acceptors (Lipinski definition) is 2. The van der Waals surface area contributed by atoms with Gasteiger partial charge in [-0.1, -0.05) is 66.8 Å². The maximum absolute atomic E-state index is 5.80. The largest absolute Gasteiger partial charge is 0.374 e. The lowest BCUT2D eigenvalue weighted by Crippen LogP contribution is -2.18. The molecular weight excluding hydrogens is 260 g/mol. The van der Waals surface area contributed by atoms with E-state index in [2.05, 4.69) is 43.0 Å². The van der Waals surface area contributed by atoms with E-state index in [4.69, 9.17) is 9.47 Å². The van der Waals surface area contributed by atoms with Crippen LogP contribution in [0.2, 0.25) is 0 Å². The number of rotatable bonds is 8. The van der Waals surface area contributed by atoms with E-state index in [0.717, 1.165) is 12.0 Å². The Morgan fingerprint density at radius 3 is 2.81 bits per heavy atom.